The summed E-state index contributed by atoms with van der Waals surface area (Å²) in [5, 5.41) is 14.9. The minimum absolute atomic E-state index is 0.128. The van der Waals surface area contributed by atoms with Gasteiger partial charge in [0.15, 0.2) is 0 Å². The summed E-state index contributed by atoms with van der Waals surface area (Å²) >= 11 is 0. The highest BCUT2D eigenvalue weighted by Crippen LogP contribution is 2.14. The van der Waals surface area contributed by atoms with E-state index in [1.807, 2.05) is 0 Å². The molecular formula is C13H14N4O3S. The fourth-order valence-corrected chi connectivity index (χ4v) is 2.85. The van der Waals surface area contributed by atoms with Gasteiger partial charge in [0.2, 0.25) is 10.0 Å². The van der Waals surface area contributed by atoms with Crippen molar-refractivity contribution >= 4 is 10.0 Å². The second-order valence-corrected chi connectivity index (χ2v) is 5.91. The third-order valence-electron chi connectivity index (χ3n) is 2.65. The second kappa shape index (κ2) is 6.49. The van der Waals surface area contributed by atoms with E-state index in [2.05, 4.69) is 31.7 Å². The topological polar surface area (TPSA) is 108 Å². The Kier molecular flexibility index (Phi) is 4.70. The minimum atomic E-state index is -3.66. The average molecular weight is 306 g/mol. The standard InChI is InChI=1S/C13H14N4O3S/c1-10(13-14-9-15-16-13)17-21(19,20)12-6-4-11(5-7-12)3-2-8-18/h4-7,9-10,17-18H,8H2,1H3,(H,14,15,16). The number of nitrogens with one attached hydrogen (secondary N) is 2. The maximum Gasteiger partial charge on any atom is 0.241 e. The molecule has 0 radical (unpaired) electrons. The molecule has 0 bridgehead atoms. The number of sulfonamides is 1. The molecule has 0 aliphatic carbocycles. The van der Waals surface area contributed by atoms with Crippen molar-refractivity contribution in [1.29, 1.82) is 0 Å². The van der Waals surface area contributed by atoms with Gasteiger partial charge in [-0.3, -0.25) is 5.10 Å². The first-order chi connectivity index (χ1) is 10.0. The molecule has 1 atom stereocenters. The molecule has 3 N–H and O–H groups in total. The van der Waals surface area contributed by atoms with Crippen LogP contribution in [0.25, 0.3) is 0 Å². The quantitative estimate of drug-likeness (QED) is 0.699. The van der Waals surface area contributed by atoms with Gasteiger partial charge in [-0.15, -0.1) is 0 Å². The molecule has 110 valence electrons. The summed E-state index contributed by atoms with van der Waals surface area (Å²) in [4.78, 5) is 4.03. The molecule has 0 saturated carbocycles. The zero-order chi connectivity index (χ0) is 15.3. The zero-order valence-corrected chi connectivity index (χ0v) is 12.1. The van der Waals surface area contributed by atoms with Crippen molar-refractivity contribution in [2.75, 3.05) is 6.61 Å². The lowest BCUT2D eigenvalue weighted by molar-refractivity contribution is 0.350. The van der Waals surface area contributed by atoms with Gasteiger partial charge in [0, 0.05) is 5.56 Å². The van der Waals surface area contributed by atoms with E-state index in [1.165, 1.54) is 18.5 Å². The number of aromatic amines is 1. The summed E-state index contributed by atoms with van der Waals surface area (Å²) in [7, 11) is -3.66. The van der Waals surface area contributed by atoms with Gasteiger partial charge in [0.25, 0.3) is 0 Å². The number of rotatable bonds is 4. The Bertz CT molecular complexity index is 743. The van der Waals surface area contributed by atoms with E-state index in [1.54, 1.807) is 19.1 Å². The lowest BCUT2D eigenvalue weighted by atomic mass is 10.2. The molecule has 0 aliphatic rings. The van der Waals surface area contributed by atoms with E-state index >= 15 is 0 Å². The number of benzene rings is 1. The number of H-pyrrole nitrogens is 1. The van der Waals surface area contributed by atoms with E-state index < -0.39 is 16.1 Å². The number of aromatic nitrogens is 3. The zero-order valence-electron chi connectivity index (χ0n) is 11.2. The predicted molar refractivity (Wildman–Crippen MR) is 75.5 cm³/mol. The number of hydrogen-bond acceptors (Lipinski definition) is 5. The van der Waals surface area contributed by atoms with Crippen LogP contribution in [0, 0.1) is 11.8 Å². The summed E-state index contributed by atoms with van der Waals surface area (Å²) in [5.41, 5.74) is 0.631. The number of nitrogens with zero attached hydrogens (tertiary/aromatic N) is 2. The highest BCUT2D eigenvalue weighted by molar-refractivity contribution is 7.89. The van der Waals surface area contributed by atoms with Crippen molar-refractivity contribution in [2.45, 2.75) is 17.9 Å². The molecule has 0 amide bonds. The Morgan fingerprint density at radius 2 is 2.10 bits per heavy atom. The van der Waals surface area contributed by atoms with Crippen LogP contribution in [0.15, 0.2) is 35.5 Å². The van der Waals surface area contributed by atoms with Crippen LogP contribution in [0.3, 0.4) is 0 Å². The molecule has 1 aromatic carbocycles. The molecule has 21 heavy (non-hydrogen) atoms. The van der Waals surface area contributed by atoms with E-state index in [-0.39, 0.29) is 11.5 Å². The van der Waals surface area contributed by atoms with Crippen LogP contribution < -0.4 is 4.72 Å². The van der Waals surface area contributed by atoms with E-state index in [0.29, 0.717) is 11.4 Å². The SMILES string of the molecule is CC(NS(=O)(=O)c1ccc(C#CCO)cc1)c1ncn[nH]1. The minimum Gasteiger partial charge on any atom is -0.384 e. The van der Waals surface area contributed by atoms with Crippen molar-refractivity contribution < 1.29 is 13.5 Å². The van der Waals surface area contributed by atoms with Crippen LogP contribution in [0.1, 0.15) is 24.4 Å². The molecule has 0 aliphatic heterocycles. The molecule has 1 unspecified atom stereocenters. The van der Waals surface area contributed by atoms with Crippen LogP contribution in [0.4, 0.5) is 0 Å². The highest BCUT2D eigenvalue weighted by atomic mass is 32.2. The summed E-state index contributed by atoms with van der Waals surface area (Å²) in [6, 6.07) is 5.55. The third-order valence-corrected chi connectivity index (χ3v) is 4.21. The van der Waals surface area contributed by atoms with E-state index in [0.717, 1.165) is 0 Å². The van der Waals surface area contributed by atoms with Crippen molar-refractivity contribution in [2.24, 2.45) is 0 Å². The van der Waals surface area contributed by atoms with Crippen molar-refractivity contribution in [3.63, 3.8) is 0 Å². The molecular weight excluding hydrogens is 292 g/mol. The Hall–Kier alpha value is -2.21. The summed E-state index contributed by atoms with van der Waals surface area (Å²) in [6.07, 6.45) is 1.31. The number of aliphatic hydroxyl groups excluding tert-OH is 1. The molecule has 1 aromatic heterocycles. The lowest BCUT2D eigenvalue weighted by Gasteiger charge is -2.11. The van der Waals surface area contributed by atoms with Gasteiger partial charge in [0.1, 0.15) is 18.8 Å². The normalized spacial score (nSPS) is 12.5. The molecule has 8 heteroatoms. The van der Waals surface area contributed by atoms with Crippen LogP contribution in [-0.4, -0.2) is 35.3 Å². The Morgan fingerprint density at radius 1 is 1.38 bits per heavy atom. The van der Waals surface area contributed by atoms with Crippen LogP contribution in [-0.2, 0) is 10.0 Å². The van der Waals surface area contributed by atoms with E-state index in [4.69, 9.17) is 5.11 Å². The molecule has 2 aromatic rings. The van der Waals surface area contributed by atoms with Gasteiger partial charge < -0.3 is 5.11 Å². The van der Waals surface area contributed by atoms with Crippen molar-refractivity contribution in [1.82, 2.24) is 19.9 Å². The average Bonchev–Trinajstić information content (AvgIpc) is 2.99. The van der Waals surface area contributed by atoms with Crippen LogP contribution in [0.5, 0.6) is 0 Å². The monoisotopic (exact) mass is 306 g/mol. The summed E-state index contributed by atoms with van der Waals surface area (Å²) in [5.74, 6) is 5.63. The van der Waals surface area contributed by atoms with Crippen molar-refractivity contribution in [3.05, 3.63) is 42.0 Å². The van der Waals surface area contributed by atoms with Crippen molar-refractivity contribution in [3.8, 4) is 11.8 Å². The number of aliphatic hydroxyl groups is 1. The van der Waals surface area contributed by atoms with Crippen LogP contribution in [0.2, 0.25) is 0 Å². The highest BCUT2D eigenvalue weighted by Gasteiger charge is 2.19. The number of hydrogen-bond donors (Lipinski definition) is 3. The maximum atomic E-state index is 12.2. The fraction of sp³-hybridized carbons (Fsp3) is 0.231. The smallest absolute Gasteiger partial charge is 0.241 e. The first kappa shape index (κ1) is 15.2. The molecule has 7 nitrogen and oxygen atoms in total. The second-order valence-electron chi connectivity index (χ2n) is 4.20. The molecule has 0 spiro atoms. The van der Waals surface area contributed by atoms with Gasteiger partial charge in [-0.05, 0) is 31.2 Å². The molecule has 2 rings (SSSR count). The van der Waals surface area contributed by atoms with Gasteiger partial charge >= 0.3 is 0 Å². The Morgan fingerprint density at radius 3 is 2.67 bits per heavy atom. The van der Waals surface area contributed by atoms with Gasteiger partial charge in [-0.25, -0.2) is 18.1 Å². The Labute approximate surface area is 122 Å². The first-order valence-corrected chi connectivity index (χ1v) is 7.58. The molecule has 0 saturated heterocycles. The summed E-state index contributed by atoms with van der Waals surface area (Å²) in [6.45, 7) is 1.43. The van der Waals surface area contributed by atoms with E-state index in [9.17, 15) is 8.42 Å². The Balaban J connectivity index is 2.16. The predicted octanol–water partition coefficient (Wildman–Crippen LogP) is 0.188. The first-order valence-electron chi connectivity index (χ1n) is 6.10. The summed E-state index contributed by atoms with van der Waals surface area (Å²) < 4.78 is 26.9. The fourth-order valence-electron chi connectivity index (χ4n) is 1.64. The largest absolute Gasteiger partial charge is 0.384 e. The van der Waals surface area contributed by atoms with Crippen LogP contribution >= 0.6 is 0 Å². The van der Waals surface area contributed by atoms with Gasteiger partial charge in [-0.2, -0.15) is 5.10 Å². The maximum absolute atomic E-state index is 12.2. The van der Waals surface area contributed by atoms with Gasteiger partial charge in [0.05, 0.1) is 10.9 Å². The molecule has 0 fully saturated rings. The third kappa shape index (κ3) is 3.88. The molecule has 1 heterocycles. The van der Waals surface area contributed by atoms with Gasteiger partial charge in [-0.1, -0.05) is 11.8 Å². The lowest BCUT2D eigenvalue weighted by Crippen LogP contribution is -2.27.